The first-order valence-electron chi connectivity index (χ1n) is 7.58. The molecule has 1 aromatic rings. The van der Waals surface area contributed by atoms with Gasteiger partial charge in [-0.05, 0) is 31.5 Å². The molecule has 0 spiro atoms. The van der Waals surface area contributed by atoms with Crippen molar-refractivity contribution in [3.63, 3.8) is 0 Å². The van der Waals surface area contributed by atoms with Gasteiger partial charge in [0.15, 0.2) is 0 Å². The van der Waals surface area contributed by atoms with Crippen LogP contribution in [-0.2, 0) is 0 Å². The molecular formula is C18H22N2O2. The molecule has 22 heavy (non-hydrogen) atoms. The molecule has 0 fully saturated rings. The minimum atomic E-state index is -0.172. The Morgan fingerprint density at radius 2 is 1.50 bits per heavy atom. The van der Waals surface area contributed by atoms with Crippen LogP contribution in [0.2, 0.25) is 0 Å². The van der Waals surface area contributed by atoms with Crippen LogP contribution in [0.5, 0.6) is 0 Å². The Labute approximate surface area is 131 Å². The fourth-order valence-electron chi connectivity index (χ4n) is 2.67. The van der Waals surface area contributed by atoms with Crippen LogP contribution >= 0.6 is 0 Å². The third-order valence-electron chi connectivity index (χ3n) is 3.76. The fourth-order valence-corrected chi connectivity index (χ4v) is 2.67. The van der Waals surface area contributed by atoms with Gasteiger partial charge in [0, 0.05) is 19.6 Å². The van der Waals surface area contributed by atoms with Gasteiger partial charge in [0.2, 0.25) is 0 Å². The van der Waals surface area contributed by atoms with Crippen molar-refractivity contribution in [2.45, 2.75) is 12.8 Å². The lowest BCUT2D eigenvalue weighted by atomic mass is 10.1. The number of nitrogens with zero attached hydrogens (tertiary/aromatic N) is 2. The highest BCUT2D eigenvalue weighted by molar-refractivity contribution is 6.21. The third-order valence-corrected chi connectivity index (χ3v) is 3.76. The summed E-state index contributed by atoms with van der Waals surface area (Å²) in [5.41, 5.74) is 1.04. The summed E-state index contributed by atoms with van der Waals surface area (Å²) in [4.78, 5) is 28.0. The van der Waals surface area contributed by atoms with Gasteiger partial charge >= 0.3 is 0 Å². The van der Waals surface area contributed by atoms with Crippen molar-refractivity contribution in [1.82, 2.24) is 9.80 Å². The van der Waals surface area contributed by atoms with Crippen molar-refractivity contribution >= 4 is 11.8 Å². The first-order chi connectivity index (χ1) is 10.7. The van der Waals surface area contributed by atoms with Crippen molar-refractivity contribution in [3.05, 3.63) is 60.7 Å². The van der Waals surface area contributed by atoms with Crippen molar-refractivity contribution in [2.24, 2.45) is 0 Å². The monoisotopic (exact) mass is 298 g/mol. The predicted octanol–water partition coefficient (Wildman–Crippen LogP) is 2.74. The molecule has 0 N–H and O–H groups in total. The molecule has 1 aliphatic rings. The predicted molar refractivity (Wildman–Crippen MR) is 87.9 cm³/mol. The average molecular weight is 298 g/mol. The molecule has 0 radical (unpaired) electrons. The molecule has 0 bridgehead atoms. The maximum atomic E-state index is 12.2. The lowest BCUT2D eigenvalue weighted by Gasteiger charge is -2.19. The van der Waals surface area contributed by atoms with Crippen LogP contribution in [-0.4, -0.2) is 47.8 Å². The Balaban J connectivity index is 1.83. The zero-order chi connectivity index (χ0) is 15.9. The van der Waals surface area contributed by atoms with Crippen molar-refractivity contribution < 1.29 is 9.59 Å². The summed E-state index contributed by atoms with van der Waals surface area (Å²) in [7, 11) is 0. The standard InChI is InChI=1S/C18H22N2O2/c1-3-11-19(12-4-2)13-7-8-14-20-17(21)15-9-5-6-10-16(15)18(20)22/h3-6,9-10H,1-2,7-8,11-14H2. The van der Waals surface area contributed by atoms with Crippen LogP contribution in [0.1, 0.15) is 33.6 Å². The Morgan fingerprint density at radius 3 is 2.00 bits per heavy atom. The van der Waals surface area contributed by atoms with Crippen LogP contribution < -0.4 is 0 Å². The first kappa shape index (κ1) is 16.2. The molecule has 2 amide bonds. The summed E-state index contributed by atoms with van der Waals surface area (Å²) < 4.78 is 0. The molecule has 0 atom stereocenters. The minimum absolute atomic E-state index is 0.172. The van der Waals surface area contributed by atoms with Crippen LogP contribution in [0.25, 0.3) is 0 Å². The van der Waals surface area contributed by atoms with Crippen LogP contribution in [0.4, 0.5) is 0 Å². The number of fused-ring (bicyclic) bond motifs is 1. The first-order valence-corrected chi connectivity index (χ1v) is 7.58. The molecule has 1 aromatic carbocycles. The molecule has 116 valence electrons. The van der Waals surface area contributed by atoms with Gasteiger partial charge in [-0.3, -0.25) is 19.4 Å². The number of benzene rings is 1. The molecule has 2 rings (SSSR count). The summed E-state index contributed by atoms with van der Waals surface area (Å²) in [6, 6.07) is 7.00. The average Bonchev–Trinajstić information content (AvgIpc) is 2.77. The normalized spacial score (nSPS) is 13.6. The Hall–Kier alpha value is -2.20. The highest BCUT2D eigenvalue weighted by Crippen LogP contribution is 2.22. The number of amides is 2. The van der Waals surface area contributed by atoms with Crippen LogP contribution in [0, 0.1) is 0 Å². The number of unbranched alkanes of at least 4 members (excludes halogenated alkanes) is 1. The second kappa shape index (κ2) is 7.71. The molecule has 0 unspecified atom stereocenters. The highest BCUT2D eigenvalue weighted by Gasteiger charge is 2.34. The van der Waals surface area contributed by atoms with Crippen molar-refractivity contribution in [3.8, 4) is 0 Å². The number of carbonyl (C=O) groups excluding carboxylic acids is 2. The largest absolute Gasteiger partial charge is 0.296 e. The van der Waals surface area contributed by atoms with E-state index in [4.69, 9.17) is 0 Å². The number of hydrogen-bond acceptors (Lipinski definition) is 3. The van der Waals surface area contributed by atoms with Gasteiger partial charge in [0.1, 0.15) is 0 Å². The molecule has 0 saturated carbocycles. The third kappa shape index (κ3) is 3.52. The lowest BCUT2D eigenvalue weighted by Crippen LogP contribution is -2.31. The summed E-state index contributed by atoms with van der Waals surface area (Å²) in [5, 5.41) is 0. The molecule has 1 aliphatic heterocycles. The summed E-state index contributed by atoms with van der Waals surface area (Å²) in [5.74, 6) is -0.343. The quantitative estimate of drug-likeness (QED) is 0.400. The second-order valence-corrected chi connectivity index (χ2v) is 5.35. The fraction of sp³-hybridized carbons (Fsp3) is 0.333. The molecule has 0 aliphatic carbocycles. The smallest absolute Gasteiger partial charge is 0.261 e. The van der Waals surface area contributed by atoms with Gasteiger partial charge in [-0.25, -0.2) is 0 Å². The van der Waals surface area contributed by atoms with Crippen molar-refractivity contribution in [2.75, 3.05) is 26.2 Å². The molecule has 4 nitrogen and oxygen atoms in total. The zero-order valence-electron chi connectivity index (χ0n) is 12.8. The summed E-state index contributed by atoms with van der Waals surface area (Å²) >= 11 is 0. The van der Waals surface area contributed by atoms with Gasteiger partial charge in [0.25, 0.3) is 11.8 Å². The highest BCUT2D eigenvalue weighted by atomic mass is 16.2. The summed E-state index contributed by atoms with van der Waals surface area (Å²) in [6.45, 7) is 10.5. The Kier molecular flexibility index (Phi) is 5.67. The van der Waals surface area contributed by atoms with E-state index < -0.39 is 0 Å². The van der Waals surface area contributed by atoms with Crippen LogP contribution in [0.3, 0.4) is 0 Å². The van der Waals surface area contributed by atoms with E-state index in [9.17, 15) is 9.59 Å². The molecule has 4 heteroatoms. The van der Waals surface area contributed by atoms with Gasteiger partial charge in [-0.15, -0.1) is 13.2 Å². The van der Waals surface area contributed by atoms with Gasteiger partial charge in [-0.2, -0.15) is 0 Å². The number of carbonyl (C=O) groups is 2. The number of rotatable bonds is 9. The van der Waals surface area contributed by atoms with E-state index in [0.717, 1.165) is 32.5 Å². The second-order valence-electron chi connectivity index (χ2n) is 5.35. The van der Waals surface area contributed by atoms with E-state index in [2.05, 4.69) is 18.1 Å². The Bertz CT molecular complexity index is 535. The van der Waals surface area contributed by atoms with Gasteiger partial charge < -0.3 is 0 Å². The SMILES string of the molecule is C=CCN(CC=C)CCCCN1C(=O)c2ccccc2C1=O. The van der Waals surface area contributed by atoms with E-state index >= 15 is 0 Å². The van der Waals surface area contributed by atoms with E-state index in [-0.39, 0.29) is 11.8 Å². The van der Waals surface area contributed by atoms with Crippen LogP contribution in [0.15, 0.2) is 49.6 Å². The molecule has 0 saturated heterocycles. The van der Waals surface area contributed by atoms with E-state index in [1.54, 1.807) is 24.3 Å². The molecule has 1 heterocycles. The molecular weight excluding hydrogens is 276 g/mol. The minimum Gasteiger partial charge on any atom is -0.296 e. The molecule has 0 aromatic heterocycles. The number of hydrogen-bond donors (Lipinski definition) is 0. The van der Waals surface area contributed by atoms with E-state index in [0.29, 0.717) is 17.7 Å². The Morgan fingerprint density at radius 1 is 0.955 bits per heavy atom. The van der Waals surface area contributed by atoms with Gasteiger partial charge in [-0.1, -0.05) is 24.3 Å². The zero-order valence-corrected chi connectivity index (χ0v) is 12.8. The van der Waals surface area contributed by atoms with E-state index in [1.807, 2.05) is 12.2 Å². The lowest BCUT2D eigenvalue weighted by molar-refractivity contribution is 0.0650. The van der Waals surface area contributed by atoms with Gasteiger partial charge in [0.05, 0.1) is 11.1 Å². The topological polar surface area (TPSA) is 40.6 Å². The summed E-state index contributed by atoms with van der Waals surface area (Å²) in [6.07, 6.45) is 5.46. The van der Waals surface area contributed by atoms with Crippen molar-refractivity contribution in [1.29, 1.82) is 0 Å². The van der Waals surface area contributed by atoms with E-state index in [1.165, 1.54) is 4.90 Å². The maximum Gasteiger partial charge on any atom is 0.261 e. The maximum absolute atomic E-state index is 12.2. The number of imide groups is 1.